The molecule has 0 bridgehead atoms. The molecule has 80 valence electrons. The number of halogens is 3. The number of carbonyl (C=O) groups is 1. The summed E-state index contributed by atoms with van der Waals surface area (Å²) in [7, 11) is 0. The van der Waals surface area contributed by atoms with Crippen molar-refractivity contribution in [3.8, 4) is 0 Å². The topological polar surface area (TPSA) is 60.4 Å². The van der Waals surface area contributed by atoms with Crippen LogP contribution < -0.4 is 5.73 Å². The maximum atomic E-state index is 12.4. The van der Waals surface area contributed by atoms with E-state index in [2.05, 4.69) is 4.98 Å². The molecule has 0 fully saturated rings. The lowest BCUT2D eigenvalue weighted by Crippen LogP contribution is -2.10. The molecule has 0 saturated carbocycles. The molecule has 15 heavy (non-hydrogen) atoms. The summed E-state index contributed by atoms with van der Waals surface area (Å²) in [4.78, 5) is 14.4. The third-order valence-corrected chi connectivity index (χ3v) is 2.75. The van der Waals surface area contributed by atoms with Crippen LogP contribution in [0.4, 0.5) is 13.2 Å². The monoisotopic (exact) mass is 235 g/mol. The van der Waals surface area contributed by atoms with E-state index in [9.17, 15) is 18.0 Å². The molecule has 2 rings (SSSR count). The maximum Gasteiger partial charge on any atom is 0.433 e. The van der Waals surface area contributed by atoms with Crippen molar-refractivity contribution in [3.05, 3.63) is 23.0 Å². The fourth-order valence-corrected chi connectivity index (χ4v) is 1.92. The normalized spacial score (nSPS) is 12.2. The first-order valence-corrected chi connectivity index (χ1v) is 4.55. The first kappa shape index (κ1) is 9.97. The molecule has 0 unspecified atom stereocenters. The number of thiazole rings is 1. The number of hydrogen-bond acceptors (Lipinski definition) is 3. The van der Waals surface area contributed by atoms with E-state index in [1.54, 1.807) is 0 Å². The Morgan fingerprint density at radius 2 is 2.20 bits per heavy atom. The Bertz CT molecular complexity index is 527. The van der Waals surface area contributed by atoms with Crippen molar-refractivity contribution >= 4 is 22.2 Å². The van der Waals surface area contributed by atoms with Crippen LogP contribution in [0.25, 0.3) is 4.96 Å². The van der Waals surface area contributed by atoms with Crippen LogP contribution in [0.15, 0.2) is 12.4 Å². The van der Waals surface area contributed by atoms with Crippen LogP contribution in [0.3, 0.4) is 0 Å². The lowest BCUT2D eigenvalue weighted by atomic mass is 10.4. The number of rotatable bonds is 1. The van der Waals surface area contributed by atoms with Gasteiger partial charge in [0.05, 0.1) is 6.20 Å². The molecule has 0 atom stereocenters. The highest BCUT2D eigenvalue weighted by Crippen LogP contribution is 2.31. The second-order valence-electron chi connectivity index (χ2n) is 2.75. The van der Waals surface area contributed by atoms with Crippen molar-refractivity contribution in [3.63, 3.8) is 0 Å². The van der Waals surface area contributed by atoms with E-state index >= 15 is 0 Å². The van der Waals surface area contributed by atoms with Gasteiger partial charge < -0.3 is 5.73 Å². The quantitative estimate of drug-likeness (QED) is 0.814. The summed E-state index contributed by atoms with van der Waals surface area (Å²) < 4.78 is 38.0. The molecule has 2 aromatic rings. The molecule has 2 N–H and O–H groups in total. The van der Waals surface area contributed by atoms with Gasteiger partial charge in [0.25, 0.3) is 5.91 Å². The molecular weight excluding hydrogens is 231 g/mol. The van der Waals surface area contributed by atoms with Crippen LogP contribution in [0.5, 0.6) is 0 Å². The van der Waals surface area contributed by atoms with Crippen LogP contribution in [0.2, 0.25) is 0 Å². The van der Waals surface area contributed by atoms with Crippen LogP contribution in [-0.4, -0.2) is 15.3 Å². The summed E-state index contributed by atoms with van der Waals surface area (Å²) in [5.74, 6) is -0.765. The van der Waals surface area contributed by atoms with Gasteiger partial charge >= 0.3 is 6.18 Å². The Balaban J connectivity index is 2.64. The highest BCUT2D eigenvalue weighted by Gasteiger charge is 2.35. The number of imidazole rings is 1. The predicted octanol–water partition coefficient (Wildman–Crippen LogP) is 1.51. The summed E-state index contributed by atoms with van der Waals surface area (Å²) in [6, 6.07) is 0. The standard InChI is InChI=1S/C7H4F3N3OS/c8-7(9,10)4-1-12-6-13(4)2-3(15-6)5(11)14/h1-2H,(H2,11,14). The number of nitrogens with zero attached hydrogens (tertiary/aromatic N) is 2. The third kappa shape index (κ3) is 1.56. The summed E-state index contributed by atoms with van der Waals surface area (Å²) >= 11 is 0.820. The molecule has 2 aromatic heterocycles. The average Bonchev–Trinajstić information content (AvgIpc) is 2.56. The molecule has 1 amide bonds. The zero-order chi connectivity index (χ0) is 11.2. The molecule has 0 aliphatic carbocycles. The lowest BCUT2D eigenvalue weighted by Gasteiger charge is -2.02. The number of nitrogens with two attached hydrogens (primary N) is 1. The maximum absolute atomic E-state index is 12.4. The molecule has 4 nitrogen and oxygen atoms in total. The molecule has 0 saturated heterocycles. The molecule has 8 heteroatoms. The second kappa shape index (κ2) is 2.96. The zero-order valence-electron chi connectivity index (χ0n) is 7.08. The van der Waals surface area contributed by atoms with E-state index in [1.165, 1.54) is 0 Å². The van der Waals surface area contributed by atoms with Gasteiger partial charge in [-0.3, -0.25) is 9.20 Å². The summed E-state index contributed by atoms with van der Waals surface area (Å²) in [6.45, 7) is 0. The SMILES string of the molecule is NC(=O)c1cn2c(C(F)(F)F)cnc2s1. The van der Waals surface area contributed by atoms with Crippen LogP contribution in [-0.2, 0) is 6.18 Å². The van der Waals surface area contributed by atoms with Crippen LogP contribution >= 0.6 is 11.3 Å². The molecule has 0 spiro atoms. The van der Waals surface area contributed by atoms with Gasteiger partial charge in [-0.2, -0.15) is 13.2 Å². The fraction of sp³-hybridized carbons (Fsp3) is 0.143. The number of hydrogen-bond donors (Lipinski definition) is 1. The number of aromatic nitrogens is 2. The zero-order valence-corrected chi connectivity index (χ0v) is 7.89. The largest absolute Gasteiger partial charge is 0.433 e. The number of carbonyl (C=O) groups excluding carboxylic acids is 1. The van der Waals surface area contributed by atoms with E-state index in [0.29, 0.717) is 0 Å². The Labute approximate surface area is 85.1 Å². The van der Waals surface area contributed by atoms with Gasteiger partial charge in [0.15, 0.2) is 4.96 Å². The number of fused-ring (bicyclic) bond motifs is 1. The molecule has 0 radical (unpaired) electrons. The Kier molecular flexibility index (Phi) is 1.97. The lowest BCUT2D eigenvalue weighted by molar-refractivity contribution is -0.141. The predicted molar refractivity (Wildman–Crippen MR) is 46.6 cm³/mol. The Morgan fingerprint density at radius 3 is 2.73 bits per heavy atom. The van der Waals surface area contributed by atoms with Crippen LogP contribution in [0.1, 0.15) is 15.4 Å². The minimum absolute atomic E-state index is 0.0450. The number of amides is 1. The van der Waals surface area contributed by atoms with Gasteiger partial charge in [-0.15, -0.1) is 0 Å². The number of alkyl halides is 3. The number of primary amides is 1. The van der Waals surface area contributed by atoms with E-state index in [1.807, 2.05) is 0 Å². The van der Waals surface area contributed by atoms with Gasteiger partial charge in [0.1, 0.15) is 10.6 Å². The molecule has 2 heterocycles. The van der Waals surface area contributed by atoms with E-state index in [4.69, 9.17) is 5.73 Å². The van der Waals surface area contributed by atoms with Gasteiger partial charge in [-0.1, -0.05) is 11.3 Å². The van der Waals surface area contributed by atoms with E-state index in [-0.39, 0.29) is 9.84 Å². The summed E-state index contributed by atoms with van der Waals surface area (Å²) in [5, 5.41) is 0. The van der Waals surface area contributed by atoms with Crippen molar-refractivity contribution < 1.29 is 18.0 Å². The third-order valence-electron chi connectivity index (χ3n) is 1.74. The van der Waals surface area contributed by atoms with Crippen molar-refractivity contribution in [2.24, 2.45) is 5.73 Å². The molecule has 0 aromatic carbocycles. The smallest absolute Gasteiger partial charge is 0.365 e. The van der Waals surface area contributed by atoms with E-state index in [0.717, 1.165) is 28.1 Å². The first-order valence-electron chi connectivity index (χ1n) is 3.73. The highest BCUT2D eigenvalue weighted by atomic mass is 32.1. The van der Waals surface area contributed by atoms with Crippen molar-refractivity contribution in [2.45, 2.75) is 6.18 Å². The molecule has 0 aliphatic rings. The van der Waals surface area contributed by atoms with Crippen molar-refractivity contribution in [1.82, 2.24) is 9.38 Å². The van der Waals surface area contributed by atoms with Gasteiger partial charge in [0.2, 0.25) is 0 Å². The van der Waals surface area contributed by atoms with Gasteiger partial charge in [-0.05, 0) is 0 Å². The average molecular weight is 235 g/mol. The Hall–Kier alpha value is -1.57. The van der Waals surface area contributed by atoms with Crippen LogP contribution in [0, 0.1) is 0 Å². The minimum atomic E-state index is -4.49. The van der Waals surface area contributed by atoms with Crippen molar-refractivity contribution in [1.29, 1.82) is 0 Å². The molecule has 0 aliphatic heterocycles. The minimum Gasteiger partial charge on any atom is -0.365 e. The first-order chi connectivity index (χ1) is 6.89. The highest BCUT2D eigenvalue weighted by molar-refractivity contribution is 7.18. The summed E-state index contributed by atoms with van der Waals surface area (Å²) in [5.41, 5.74) is 4.03. The van der Waals surface area contributed by atoms with E-state index < -0.39 is 17.8 Å². The second-order valence-corrected chi connectivity index (χ2v) is 3.76. The summed E-state index contributed by atoms with van der Waals surface area (Å²) in [6.07, 6.45) is -2.73. The van der Waals surface area contributed by atoms with Gasteiger partial charge in [0, 0.05) is 6.20 Å². The van der Waals surface area contributed by atoms with Gasteiger partial charge in [-0.25, -0.2) is 4.98 Å². The Morgan fingerprint density at radius 1 is 1.53 bits per heavy atom. The fourth-order valence-electron chi connectivity index (χ4n) is 1.11. The van der Waals surface area contributed by atoms with Crippen molar-refractivity contribution in [2.75, 3.05) is 0 Å². The molecular formula is C7H4F3N3OS.